The number of carbonyl (C=O) groups excluding carboxylic acids is 5. The van der Waals surface area contributed by atoms with Crippen molar-refractivity contribution in [2.45, 2.75) is 135 Å². The van der Waals surface area contributed by atoms with Crippen LogP contribution in [0.25, 0.3) is 0 Å². The smallest absolute Gasteiger partial charge is 0.289 e. The first-order chi connectivity index (χ1) is 23.9. The zero-order valence-corrected chi connectivity index (χ0v) is 29.7. The Morgan fingerprint density at radius 2 is 1.74 bits per heavy atom. The monoisotopic (exact) mass is 693 g/mol. The maximum atomic E-state index is 14.6. The average Bonchev–Trinajstić information content (AvgIpc) is 3.44. The number of Topliss-reactive ketones (excluding diaryl/α,β-unsaturated/α-hetero) is 1. The number of oxime groups is 1. The minimum absolute atomic E-state index is 0.00615. The van der Waals surface area contributed by atoms with Crippen LogP contribution in [0, 0.1) is 11.3 Å². The molecule has 50 heavy (non-hydrogen) atoms. The quantitative estimate of drug-likeness (QED) is 0.280. The van der Waals surface area contributed by atoms with E-state index in [2.05, 4.69) is 21.1 Å². The van der Waals surface area contributed by atoms with Gasteiger partial charge in [0.25, 0.3) is 5.91 Å². The number of ketones is 1. The fourth-order valence-electron chi connectivity index (χ4n) is 7.52. The minimum Gasteiger partial charge on any atom is -0.454 e. The van der Waals surface area contributed by atoms with Crippen LogP contribution >= 0.6 is 0 Å². The first-order valence-electron chi connectivity index (χ1n) is 18.3. The highest BCUT2D eigenvalue weighted by Gasteiger charge is 2.56. The van der Waals surface area contributed by atoms with Gasteiger partial charge in [0.1, 0.15) is 12.1 Å². The standard InChI is InChI=1S/C37H51N5O8/c1-5-9-25(31(44)34(46)38-24-13-14-24)39-33(45)27-19-37(18-26(41-50-37)23-12-15-28-29(17-23)49-21-48-28)20-42(27)35(47)32(36(2,3)4)40-30(43)16-22-10-7-6-8-11-22/h12,15,17,22,24-25,27,32H,5-11,13-14,16,18-21H2,1-4H3,(H,38,46)(H,39,45)(H,40,43)/t25-,27-,32+,37+/m0/s1. The number of nitrogens with one attached hydrogen (secondary N) is 3. The van der Waals surface area contributed by atoms with Gasteiger partial charge in [0.05, 0.1) is 18.3 Å². The predicted molar refractivity (Wildman–Crippen MR) is 183 cm³/mol. The van der Waals surface area contributed by atoms with Crippen molar-refractivity contribution in [1.82, 2.24) is 20.9 Å². The molecule has 2 aliphatic carbocycles. The summed E-state index contributed by atoms with van der Waals surface area (Å²) in [7, 11) is 0. The third-order valence-electron chi connectivity index (χ3n) is 10.5. The van der Waals surface area contributed by atoms with E-state index < -0.39 is 52.6 Å². The van der Waals surface area contributed by atoms with Crippen LogP contribution in [0.2, 0.25) is 0 Å². The van der Waals surface area contributed by atoms with Gasteiger partial charge in [-0.1, -0.05) is 58.5 Å². The highest BCUT2D eigenvalue weighted by Crippen LogP contribution is 2.41. The molecule has 2 saturated carbocycles. The van der Waals surface area contributed by atoms with E-state index in [1.165, 1.54) is 11.3 Å². The van der Waals surface area contributed by atoms with Crippen molar-refractivity contribution in [2.24, 2.45) is 16.5 Å². The Bertz CT molecular complexity index is 1530. The molecule has 13 heteroatoms. The van der Waals surface area contributed by atoms with Crippen LogP contribution < -0.4 is 25.4 Å². The Balaban J connectivity index is 1.23. The molecule has 0 unspecified atom stereocenters. The number of amides is 4. The van der Waals surface area contributed by atoms with Crippen molar-refractivity contribution in [3.05, 3.63) is 23.8 Å². The fraction of sp³-hybridized carbons (Fsp3) is 0.676. The van der Waals surface area contributed by atoms with Gasteiger partial charge in [-0.25, -0.2) is 0 Å². The number of nitrogens with zero attached hydrogens (tertiary/aromatic N) is 2. The SMILES string of the molecule is CCC[C@H](NC(=O)[C@@H]1C[C@]2(CC(c3ccc4c(c3)OCO4)=NO2)CN1C(=O)[C@@H](NC(=O)CC1CCCCC1)C(C)(C)C)C(=O)C(=O)NC1CC1. The van der Waals surface area contributed by atoms with E-state index in [1.807, 2.05) is 39.8 Å². The van der Waals surface area contributed by atoms with E-state index >= 15 is 0 Å². The number of hydrogen-bond donors (Lipinski definition) is 3. The molecule has 3 aliphatic heterocycles. The number of likely N-dealkylation sites (tertiary alicyclic amines) is 1. The Morgan fingerprint density at radius 3 is 2.44 bits per heavy atom. The van der Waals surface area contributed by atoms with Gasteiger partial charge in [0.2, 0.25) is 30.3 Å². The number of ether oxygens (including phenoxy) is 2. The maximum Gasteiger partial charge on any atom is 0.289 e. The number of fused-ring (bicyclic) bond motifs is 1. The molecular weight excluding hydrogens is 642 g/mol. The second-order valence-electron chi connectivity index (χ2n) is 15.8. The van der Waals surface area contributed by atoms with Crippen LogP contribution in [0.5, 0.6) is 11.5 Å². The Hall–Kier alpha value is -4.16. The van der Waals surface area contributed by atoms with Gasteiger partial charge in [0, 0.05) is 30.9 Å². The van der Waals surface area contributed by atoms with Gasteiger partial charge >= 0.3 is 0 Å². The second kappa shape index (κ2) is 14.6. The third-order valence-corrected chi connectivity index (χ3v) is 10.5. The van der Waals surface area contributed by atoms with Gasteiger partial charge in [-0.3, -0.25) is 24.0 Å². The van der Waals surface area contributed by atoms with E-state index in [1.54, 1.807) is 6.07 Å². The van der Waals surface area contributed by atoms with E-state index in [4.69, 9.17) is 14.3 Å². The summed E-state index contributed by atoms with van der Waals surface area (Å²) in [5.41, 5.74) is -0.288. The molecule has 1 aromatic rings. The first-order valence-corrected chi connectivity index (χ1v) is 18.3. The molecular formula is C37H51N5O8. The van der Waals surface area contributed by atoms with Gasteiger partial charge in [0.15, 0.2) is 17.1 Å². The lowest BCUT2D eigenvalue weighted by molar-refractivity contribution is -0.145. The molecule has 3 fully saturated rings. The van der Waals surface area contributed by atoms with Gasteiger partial charge in [-0.05, 0) is 61.6 Å². The molecule has 4 atom stereocenters. The van der Waals surface area contributed by atoms with Crippen molar-refractivity contribution in [1.29, 1.82) is 0 Å². The molecule has 4 amide bonds. The zero-order valence-electron chi connectivity index (χ0n) is 29.7. The Morgan fingerprint density at radius 1 is 1.00 bits per heavy atom. The summed E-state index contributed by atoms with van der Waals surface area (Å²) in [5, 5.41) is 13.0. The normalized spacial score (nSPS) is 24.3. The molecule has 6 rings (SSSR count). The molecule has 0 bridgehead atoms. The molecule has 1 saturated heterocycles. The summed E-state index contributed by atoms with van der Waals surface area (Å²) in [6.45, 7) is 7.71. The van der Waals surface area contributed by atoms with Crippen LogP contribution in [0.3, 0.4) is 0 Å². The summed E-state index contributed by atoms with van der Waals surface area (Å²) in [6, 6.07) is 2.50. The number of rotatable bonds is 12. The van der Waals surface area contributed by atoms with Crippen LogP contribution in [0.1, 0.15) is 110 Å². The highest BCUT2D eigenvalue weighted by molar-refractivity contribution is 6.38. The van der Waals surface area contributed by atoms with Crippen LogP contribution in [0.4, 0.5) is 0 Å². The lowest BCUT2D eigenvalue weighted by atomic mass is 9.84. The molecule has 1 spiro atoms. The zero-order chi connectivity index (χ0) is 35.6. The summed E-state index contributed by atoms with van der Waals surface area (Å²) < 4.78 is 11.0. The summed E-state index contributed by atoms with van der Waals surface area (Å²) in [5.74, 6) is -1.03. The van der Waals surface area contributed by atoms with E-state index in [-0.39, 0.29) is 44.0 Å². The van der Waals surface area contributed by atoms with Crippen molar-refractivity contribution >= 4 is 35.1 Å². The maximum absolute atomic E-state index is 14.6. The number of hydrogen-bond acceptors (Lipinski definition) is 9. The van der Waals surface area contributed by atoms with E-state index in [0.29, 0.717) is 36.5 Å². The average molecular weight is 694 g/mol. The number of benzene rings is 1. The van der Waals surface area contributed by atoms with Crippen molar-refractivity contribution in [3.8, 4) is 11.5 Å². The third kappa shape index (κ3) is 8.07. The van der Waals surface area contributed by atoms with Crippen molar-refractivity contribution < 1.29 is 38.3 Å². The van der Waals surface area contributed by atoms with Gasteiger partial charge < -0.3 is 35.2 Å². The minimum atomic E-state index is -1.04. The molecule has 13 nitrogen and oxygen atoms in total. The van der Waals surface area contributed by atoms with Crippen LogP contribution in [-0.2, 0) is 28.8 Å². The lowest BCUT2D eigenvalue weighted by Crippen LogP contribution is -2.59. The number of carbonyl (C=O) groups is 5. The molecule has 0 radical (unpaired) electrons. The predicted octanol–water partition coefficient (Wildman–Crippen LogP) is 3.51. The largest absolute Gasteiger partial charge is 0.454 e. The molecule has 0 aromatic heterocycles. The summed E-state index contributed by atoms with van der Waals surface area (Å²) >= 11 is 0. The first kappa shape index (κ1) is 35.7. The van der Waals surface area contributed by atoms with Crippen molar-refractivity contribution in [2.75, 3.05) is 13.3 Å². The molecule has 3 heterocycles. The molecule has 5 aliphatic rings. The Labute approximate surface area is 293 Å². The Kier molecular flexibility index (Phi) is 10.4. The van der Waals surface area contributed by atoms with Crippen LogP contribution in [0.15, 0.2) is 23.4 Å². The summed E-state index contributed by atoms with van der Waals surface area (Å²) in [6.07, 6.45) is 8.64. The molecule has 272 valence electrons. The highest BCUT2D eigenvalue weighted by atomic mass is 16.7. The van der Waals surface area contributed by atoms with Gasteiger partial charge in [-0.15, -0.1) is 0 Å². The van der Waals surface area contributed by atoms with E-state index in [9.17, 15) is 24.0 Å². The molecule has 1 aromatic carbocycles. The van der Waals surface area contributed by atoms with Gasteiger partial charge in [-0.2, -0.15) is 0 Å². The molecule has 3 N–H and O–H groups in total. The van der Waals surface area contributed by atoms with Crippen LogP contribution in [-0.4, -0.2) is 83.1 Å². The van der Waals surface area contributed by atoms with Crippen molar-refractivity contribution in [3.63, 3.8) is 0 Å². The van der Waals surface area contributed by atoms with E-state index in [0.717, 1.165) is 44.1 Å². The lowest BCUT2D eigenvalue weighted by Gasteiger charge is -2.36. The topological polar surface area (TPSA) is 165 Å². The second-order valence-corrected chi connectivity index (χ2v) is 15.8. The fourth-order valence-corrected chi connectivity index (χ4v) is 7.52. The summed E-state index contributed by atoms with van der Waals surface area (Å²) in [4.78, 5) is 75.7.